The summed E-state index contributed by atoms with van der Waals surface area (Å²) >= 11 is 0. The monoisotopic (exact) mass is 422 g/mol. The molecule has 29 heavy (non-hydrogen) atoms. The molecule has 1 fully saturated rings. The van der Waals surface area contributed by atoms with E-state index in [0.717, 1.165) is 6.07 Å². The van der Waals surface area contributed by atoms with Crippen molar-refractivity contribution in [1.29, 1.82) is 0 Å². The maximum absolute atomic E-state index is 13.9. The highest BCUT2D eigenvalue weighted by Gasteiger charge is 2.45. The Kier molecular flexibility index (Phi) is 5.38. The van der Waals surface area contributed by atoms with Gasteiger partial charge in [-0.3, -0.25) is 4.79 Å². The molecule has 0 spiro atoms. The van der Waals surface area contributed by atoms with Gasteiger partial charge in [-0.25, -0.2) is 0 Å². The summed E-state index contributed by atoms with van der Waals surface area (Å²) in [6, 6.07) is 2.39. The van der Waals surface area contributed by atoms with Crippen LogP contribution < -0.4 is 4.74 Å². The van der Waals surface area contributed by atoms with Crippen molar-refractivity contribution < 1.29 is 41.0 Å². The molecular formula is C20H20F6O3. The lowest BCUT2D eigenvalue weighted by atomic mass is 9.73. The molecule has 0 saturated heterocycles. The van der Waals surface area contributed by atoms with Crippen molar-refractivity contribution in [2.45, 2.75) is 62.9 Å². The summed E-state index contributed by atoms with van der Waals surface area (Å²) in [5.41, 5.74) is -2.83. The Hall–Kier alpha value is -2.19. The van der Waals surface area contributed by atoms with Crippen LogP contribution in [0.25, 0.3) is 6.08 Å². The number of rotatable bonds is 3. The fourth-order valence-electron chi connectivity index (χ4n) is 4.06. The van der Waals surface area contributed by atoms with Gasteiger partial charge in [0.2, 0.25) is 0 Å². The van der Waals surface area contributed by atoms with Crippen LogP contribution in [0, 0.1) is 5.92 Å². The van der Waals surface area contributed by atoms with E-state index in [1.807, 2.05) is 0 Å². The Labute approximate surface area is 163 Å². The number of carboxylic acids is 1. The third-order valence-corrected chi connectivity index (χ3v) is 5.80. The fourth-order valence-corrected chi connectivity index (χ4v) is 4.06. The first kappa shape index (κ1) is 21.5. The van der Waals surface area contributed by atoms with E-state index in [1.165, 1.54) is 25.1 Å². The van der Waals surface area contributed by atoms with Gasteiger partial charge in [-0.15, -0.1) is 0 Å². The second-order valence-corrected chi connectivity index (χ2v) is 7.77. The highest BCUT2D eigenvalue weighted by molar-refractivity contribution is 5.85. The smallest absolute Gasteiger partial charge is 0.420 e. The minimum atomic E-state index is -4.81. The van der Waals surface area contributed by atoms with Gasteiger partial charge in [-0.1, -0.05) is 18.2 Å². The number of aliphatic carboxylic acids is 1. The van der Waals surface area contributed by atoms with E-state index >= 15 is 0 Å². The second-order valence-electron chi connectivity index (χ2n) is 7.77. The number of fused-ring (bicyclic) bond motifs is 1. The standard InChI is InChI=1S/C20H20F6O3/c1-18(17(27)28)10-2-3-13-14(18)8-9-15(16(13)20(24,25)26)29-12-6-4-11(5-7-12)19(21,22)23/h2-3,8-9,11-12H,4-7,10H2,1H3,(H,27,28). The van der Waals surface area contributed by atoms with Crippen molar-refractivity contribution >= 4 is 12.0 Å². The van der Waals surface area contributed by atoms with E-state index in [-0.39, 0.29) is 43.2 Å². The Morgan fingerprint density at radius 3 is 2.24 bits per heavy atom. The van der Waals surface area contributed by atoms with E-state index in [1.54, 1.807) is 0 Å². The summed E-state index contributed by atoms with van der Waals surface area (Å²) in [5, 5.41) is 9.52. The predicted octanol–water partition coefficient (Wildman–Crippen LogP) is 5.96. The van der Waals surface area contributed by atoms with Crippen molar-refractivity contribution in [2.75, 3.05) is 0 Å². The van der Waals surface area contributed by atoms with Crippen LogP contribution in [0.15, 0.2) is 18.2 Å². The highest BCUT2D eigenvalue weighted by Crippen LogP contribution is 2.47. The third-order valence-electron chi connectivity index (χ3n) is 5.80. The molecule has 2 aliphatic carbocycles. The molecule has 1 atom stereocenters. The minimum Gasteiger partial charge on any atom is -0.490 e. The number of hydrogen-bond acceptors (Lipinski definition) is 2. The quantitative estimate of drug-likeness (QED) is 0.611. The Morgan fingerprint density at radius 2 is 1.72 bits per heavy atom. The van der Waals surface area contributed by atoms with Crippen molar-refractivity contribution in [3.05, 3.63) is 34.9 Å². The summed E-state index contributed by atoms with van der Waals surface area (Å²) in [5.74, 6) is -3.19. The van der Waals surface area contributed by atoms with Crippen molar-refractivity contribution in [3.63, 3.8) is 0 Å². The number of alkyl halides is 6. The maximum Gasteiger partial charge on any atom is 0.420 e. The Bertz CT molecular complexity index is 819. The zero-order chi connectivity index (χ0) is 21.6. The summed E-state index contributed by atoms with van der Waals surface area (Å²) in [4.78, 5) is 11.7. The first-order valence-electron chi connectivity index (χ1n) is 9.22. The van der Waals surface area contributed by atoms with Crippen LogP contribution in [0.1, 0.15) is 55.7 Å². The molecule has 160 valence electrons. The van der Waals surface area contributed by atoms with Crippen molar-refractivity contribution in [2.24, 2.45) is 5.92 Å². The van der Waals surface area contributed by atoms with Crippen molar-refractivity contribution in [1.82, 2.24) is 0 Å². The molecule has 1 aromatic carbocycles. The van der Waals surface area contributed by atoms with Gasteiger partial charge in [0.05, 0.1) is 17.4 Å². The lowest BCUT2D eigenvalue weighted by molar-refractivity contribution is -0.185. The number of allylic oxidation sites excluding steroid dienone is 1. The maximum atomic E-state index is 13.9. The molecule has 0 aliphatic heterocycles. The Balaban J connectivity index is 1.94. The van der Waals surface area contributed by atoms with Gasteiger partial charge in [-0.2, -0.15) is 26.3 Å². The van der Waals surface area contributed by atoms with Gasteiger partial charge >= 0.3 is 18.3 Å². The van der Waals surface area contributed by atoms with Gasteiger partial charge in [0.15, 0.2) is 0 Å². The number of benzene rings is 1. The third kappa shape index (κ3) is 4.09. The van der Waals surface area contributed by atoms with Gasteiger partial charge in [-0.05, 0) is 56.2 Å². The summed E-state index contributed by atoms with van der Waals surface area (Å²) < 4.78 is 85.4. The fraction of sp³-hybridized carbons (Fsp3) is 0.550. The van der Waals surface area contributed by atoms with Gasteiger partial charge < -0.3 is 9.84 Å². The number of ether oxygens (including phenoxy) is 1. The van der Waals surface area contributed by atoms with Crippen LogP contribution in [0.5, 0.6) is 5.75 Å². The molecule has 0 radical (unpaired) electrons. The van der Waals surface area contributed by atoms with Crippen LogP contribution in [0.3, 0.4) is 0 Å². The molecule has 1 aromatic rings. The number of halogens is 6. The van der Waals surface area contributed by atoms with E-state index in [0.29, 0.717) is 0 Å². The Morgan fingerprint density at radius 1 is 1.10 bits per heavy atom. The molecule has 0 amide bonds. The zero-order valence-electron chi connectivity index (χ0n) is 15.5. The minimum absolute atomic E-state index is 0.00123. The molecular weight excluding hydrogens is 402 g/mol. The van der Waals surface area contributed by atoms with Crippen LogP contribution >= 0.6 is 0 Å². The zero-order valence-corrected chi connectivity index (χ0v) is 15.5. The van der Waals surface area contributed by atoms with Crippen LogP contribution in [-0.2, 0) is 16.4 Å². The molecule has 1 N–H and O–H groups in total. The highest BCUT2D eigenvalue weighted by atomic mass is 19.4. The molecule has 0 aromatic heterocycles. The predicted molar refractivity (Wildman–Crippen MR) is 92.5 cm³/mol. The molecule has 2 aliphatic rings. The van der Waals surface area contributed by atoms with Crippen molar-refractivity contribution in [3.8, 4) is 5.75 Å². The molecule has 3 rings (SSSR count). The molecule has 1 unspecified atom stereocenters. The molecule has 0 heterocycles. The first-order chi connectivity index (χ1) is 13.3. The lowest BCUT2D eigenvalue weighted by Crippen LogP contribution is -2.35. The van der Waals surface area contributed by atoms with Gasteiger partial charge in [0, 0.05) is 0 Å². The van der Waals surface area contributed by atoms with E-state index in [2.05, 4.69) is 0 Å². The SMILES string of the molecule is CC1(C(=O)O)CC=Cc2c1ccc(OC1CCC(C(F)(F)F)CC1)c2C(F)(F)F. The number of carbonyl (C=O) groups is 1. The average molecular weight is 422 g/mol. The number of carboxylic acid groups (broad SMARTS) is 1. The topological polar surface area (TPSA) is 46.5 Å². The molecule has 3 nitrogen and oxygen atoms in total. The molecule has 1 saturated carbocycles. The van der Waals surface area contributed by atoms with Crippen LogP contribution in [0.4, 0.5) is 26.3 Å². The average Bonchev–Trinajstić information content (AvgIpc) is 2.60. The van der Waals surface area contributed by atoms with E-state index in [9.17, 15) is 36.2 Å². The largest absolute Gasteiger partial charge is 0.490 e. The lowest BCUT2D eigenvalue weighted by Gasteiger charge is -2.33. The van der Waals surface area contributed by atoms with Gasteiger partial charge in [0.25, 0.3) is 0 Å². The molecule has 0 bridgehead atoms. The van der Waals surface area contributed by atoms with Gasteiger partial charge in [0.1, 0.15) is 11.3 Å². The summed E-state index contributed by atoms with van der Waals surface area (Å²) in [6.45, 7) is 1.36. The number of hydrogen-bond donors (Lipinski definition) is 1. The summed E-state index contributed by atoms with van der Waals surface area (Å²) in [7, 11) is 0. The van der Waals surface area contributed by atoms with Crippen LogP contribution in [-0.4, -0.2) is 23.4 Å². The summed E-state index contributed by atoms with van der Waals surface area (Å²) in [6.07, 6.45) is -7.62. The van der Waals surface area contributed by atoms with E-state index < -0.39 is 47.1 Å². The van der Waals surface area contributed by atoms with Crippen LogP contribution in [0.2, 0.25) is 0 Å². The van der Waals surface area contributed by atoms with E-state index in [4.69, 9.17) is 4.74 Å². The normalized spacial score (nSPS) is 27.4. The molecule has 9 heteroatoms. The first-order valence-corrected chi connectivity index (χ1v) is 9.22. The second kappa shape index (κ2) is 7.25.